The third kappa shape index (κ3) is 4.49. The summed E-state index contributed by atoms with van der Waals surface area (Å²) in [5.41, 5.74) is -0.297. The molecule has 0 unspecified atom stereocenters. The van der Waals surface area contributed by atoms with Gasteiger partial charge < -0.3 is 4.74 Å². The maximum Gasteiger partial charge on any atom is 0.302 e. The summed E-state index contributed by atoms with van der Waals surface area (Å²) in [5, 5.41) is 0. The van der Waals surface area contributed by atoms with Crippen molar-refractivity contribution in [2.75, 3.05) is 18.4 Å². The third-order valence-corrected chi connectivity index (χ3v) is 2.56. The molecule has 0 saturated carbocycles. The van der Waals surface area contributed by atoms with Crippen molar-refractivity contribution in [3.63, 3.8) is 0 Å². The van der Waals surface area contributed by atoms with Gasteiger partial charge in [0.2, 0.25) is 0 Å². The molecule has 0 atom stereocenters. The summed E-state index contributed by atoms with van der Waals surface area (Å²) in [4.78, 5) is 10.4. The molecular formula is C7H12Cl2O2. The van der Waals surface area contributed by atoms with Crippen LogP contribution in [-0.2, 0) is 9.53 Å². The Labute approximate surface area is 76.8 Å². The van der Waals surface area contributed by atoms with Crippen molar-refractivity contribution in [3.8, 4) is 0 Å². The summed E-state index contributed by atoms with van der Waals surface area (Å²) < 4.78 is 4.78. The first-order valence-corrected chi connectivity index (χ1v) is 4.36. The lowest BCUT2D eigenvalue weighted by molar-refractivity contribution is -0.143. The molecule has 66 valence electrons. The molecule has 0 rings (SSSR count). The molecule has 0 amide bonds. The van der Waals surface area contributed by atoms with E-state index in [0.29, 0.717) is 11.8 Å². The third-order valence-electron chi connectivity index (χ3n) is 1.27. The highest BCUT2D eigenvalue weighted by Crippen LogP contribution is 2.20. The van der Waals surface area contributed by atoms with Crippen LogP contribution in [0.5, 0.6) is 0 Å². The van der Waals surface area contributed by atoms with E-state index < -0.39 is 0 Å². The minimum Gasteiger partial charge on any atom is -0.465 e. The van der Waals surface area contributed by atoms with Gasteiger partial charge in [0, 0.05) is 24.1 Å². The van der Waals surface area contributed by atoms with Crippen molar-refractivity contribution in [1.82, 2.24) is 0 Å². The van der Waals surface area contributed by atoms with E-state index >= 15 is 0 Å². The van der Waals surface area contributed by atoms with Crippen LogP contribution >= 0.6 is 23.2 Å². The van der Waals surface area contributed by atoms with E-state index in [0.717, 1.165) is 0 Å². The van der Waals surface area contributed by atoms with Gasteiger partial charge in [0.25, 0.3) is 0 Å². The van der Waals surface area contributed by atoms with Crippen LogP contribution in [0.1, 0.15) is 13.8 Å². The number of hydrogen-bond donors (Lipinski definition) is 0. The minimum absolute atomic E-state index is 0.287. The fourth-order valence-electron chi connectivity index (χ4n) is 0.389. The second-order valence-corrected chi connectivity index (χ2v) is 3.39. The number of esters is 1. The van der Waals surface area contributed by atoms with Gasteiger partial charge in [-0.15, -0.1) is 23.2 Å². The standard InChI is InChI=1S/C7H12Cl2O2/c1-6(10)11-5-7(2,3-8)4-9/h3-5H2,1-2H3. The molecule has 0 aliphatic rings. The van der Waals surface area contributed by atoms with Crippen LogP contribution in [0.4, 0.5) is 0 Å². The van der Waals surface area contributed by atoms with E-state index in [-0.39, 0.29) is 18.0 Å². The molecule has 11 heavy (non-hydrogen) atoms. The quantitative estimate of drug-likeness (QED) is 0.511. The van der Waals surface area contributed by atoms with Crippen molar-refractivity contribution in [1.29, 1.82) is 0 Å². The molecule has 0 fully saturated rings. The van der Waals surface area contributed by atoms with E-state index in [4.69, 9.17) is 27.9 Å². The second kappa shape index (κ2) is 4.83. The van der Waals surface area contributed by atoms with Gasteiger partial charge in [0.05, 0.1) is 6.61 Å². The van der Waals surface area contributed by atoms with Crippen LogP contribution in [0.2, 0.25) is 0 Å². The van der Waals surface area contributed by atoms with E-state index in [1.165, 1.54) is 6.92 Å². The summed E-state index contributed by atoms with van der Waals surface area (Å²) in [6.07, 6.45) is 0. The van der Waals surface area contributed by atoms with Crippen LogP contribution in [0, 0.1) is 5.41 Å². The smallest absolute Gasteiger partial charge is 0.302 e. The van der Waals surface area contributed by atoms with Gasteiger partial charge in [-0.05, 0) is 0 Å². The predicted octanol–water partition coefficient (Wildman–Crippen LogP) is 2.03. The van der Waals surface area contributed by atoms with Crippen molar-refractivity contribution >= 4 is 29.2 Å². The lowest BCUT2D eigenvalue weighted by atomic mass is 9.98. The molecule has 0 aliphatic carbocycles. The molecule has 0 aromatic rings. The van der Waals surface area contributed by atoms with Crippen molar-refractivity contribution in [2.45, 2.75) is 13.8 Å². The number of rotatable bonds is 4. The normalized spacial score (nSPS) is 11.3. The van der Waals surface area contributed by atoms with Gasteiger partial charge >= 0.3 is 5.97 Å². The highest BCUT2D eigenvalue weighted by molar-refractivity contribution is 6.21. The molecule has 0 bridgehead atoms. The lowest BCUT2D eigenvalue weighted by Crippen LogP contribution is -2.28. The predicted molar refractivity (Wildman–Crippen MR) is 46.2 cm³/mol. The molecule has 0 N–H and O–H groups in total. The Morgan fingerprint density at radius 3 is 2.18 bits per heavy atom. The van der Waals surface area contributed by atoms with Gasteiger partial charge in [-0.2, -0.15) is 0 Å². The molecule has 0 spiro atoms. The second-order valence-electron chi connectivity index (χ2n) is 2.86. The zero-order chi connectivity index (χ0) is 8.91. The zero-order valence-corrected chi connectivity index (χ0v) is 8.21. The summed E-state index contributed by atoms with van der Waals surface area (Å²) in [6, 6.07) is 0. The molecule has 0 aromatic heterocycles. The van der Waals surface area contributed by atoms with E-state index in [9.17, 15) is 4.79 Å². The number of halogens is 2. The number of hydrogen-bond acceptors (Lipinski definition) is 2. The van der Waals surface area contributed by atoms with Gasteiger partial charge in [0.1, 0.15) is 0 Å². The number of carbonyl (C=O) groups excluding carboxylic acids is 1. The summed E-state index contributed by atoms with van der Waals surface area (Å²) in [7, 11) is 0. The molecule has 0 radical (unpaired) electrons. The lowest BCUT2D eigenvalue weighted by Gasteiger charge is -2.22. The summed E-state index contributed by atoms with van der Waals surface area (Å²) >= 11 is 11.2. The number of ether oxygens (including phenoxy) is 1. The van der Waals surface area contributed by atoms with E-state index in [2.05, 4.69) is 0 Å². The first-order valence-electron chi connectivity index (χ1n) is 3.29. The Morgan fingerprint density at radius 1 is 1.45 bits per heavy atom. The number of alkyl halides is 2. The van der Waals surface area contributed by atoms with Gasteiger partial charge in [0.15, 0.2) is 0 Å². The topological polar surface area (TPSA) is 26.3 Å². The fraction of sp³-hybridized carbons (Fsp3) is 0.857. The molecule has 0 saturated heterocycles. The number of carbonyl (C=O) groups is 1. The maximum absolute atomic E-state index is 10.4. The highest BCUT2D eigenvalue weighted by Gasteiger charge is 2.23. The monoisotopic (exact) mass is 198 g/mol. The first kappa shape index (κ1) is 11.1. The van der Waals surface area contributed by atoms with Crippen LogP contribution < -0.4 is 0 Å². The first-order chi connectivity index (χ1) is 5.04. The Hall–Kier alpha value is 0.0500. The average molecular weight is 199 g/mol. The minimum atomic E-state index is -0.300. The zero-order valence-electron chi connectivity index (χ0n) is 6.69. The van der Waals surface area contributed by atoms with Gasteiger partial charge in [-0.25, -0.2) is 0 Å². The van der Waals surface area contributed by atoms with Gasteiger partial charge in [-0.3, -0.25) is 4.79 Å². The fourth-order valence-corrected chi connectivity index (χ4v) is 0.829. The Balaban J connectivity index is 3.78. The van der Waals surface area contributed by atoms with Crippen LogP contribution in [0.25, 0.3) is 0 Å². The molecule has 0 heterocycles. The van der Waals surface area contributed by atoms with Crippen LogP contribution in [0.15, 0.2) is 0 Å². The van der Waals surface area contributed by atoms with Crippen molar-refractivity contribution in [2.24, 2.45) is 5.41 Å². The maximum atomic E-state index is 10.4. The van der Waals surface area contributed by atoms with Gasteiger partial charge in [-0.1, -0.05) is 6.92 Å². The SMILES string of the molecule is CC(=O)OCC(C)(CCl)CCl. The van der Waals surface area contributed by atoms with Crippen LogP contribution in [-0.4, -0.2) is 24.3 Å². The highest BCUT2D eigenvalue weighted by atomic mass is 35.5. The van der Waals surface area contributed by atoms with E-state index in [1.807, 2.05) is 6.92 Å². The summed E-state index contributed by atoms with van der Waals surface area (Å²) in [6.45, 7) is 3.52. The summed E-state index contributed by atoms with van der Waals surface area (Å²) in [5.74, 6) is 0.486. The molecule has 4 heteroatoms. The van der Waals surface area contributed by atoms with Crippen LogP contribution in [0.3, 0.4) is 0 Å². The Kier molecular flexibility index (Phi) is 4.86. The van der Waals surface area contributed by atoms with E-state index in [1.54, 1.807) is 0 Å². The average Bonchev–Trinajstić information content (AvgIpc) is 2.00. The molecule has 0 aliphatic heterocycles. The Morgan fingerprint density at radius 2 is 1.91 bits per heavy atom. The van der Waals surface area contributed by atoms with Crippen molar-refractivity contribution in [3.05, 3.63) is 0 Å². The Bertz CT molecular complexity index is 132. The molecule has 0 aromatic carbocycles. The largest absolute Gasteiger partial charge is 0.465 e. The van der Waals surface area contributed by atoms with Crippen molar-refractivity contribution < 1.29 is 9.53 Å². The molecule has 2 nitrogen and oxygen atoms in total. The molecular weight excluding hydrogens is 187 g/mol.